The number of hydrogen-bond acceptors (Lipinski definition) is 4. The van der Waals surface area contributed by atoms with E-state index >= 15 is 0 Å². The lowest BCUT2D eigenvalue weighted by Gasteiger charge is -2.12. The fourth-order valence-electron chi connectivity index (χ4n) is 2.41. The summed E-state index contributed by atoms with van der Waals surface area (Å²) < 4.78 is 1.31. The zero-order valence-corrected chi connectivity index (χ0v) is 15.1. The van der Waals surface area contributed by atoms with E-state index in [2.05, 4.69) is 10.6 Å². The molecule has 1 aromatic heterocycles. The molecular weight excluding hydrogens is 350 g/mol. The Hall–Kier alpha value is -3.42. The number of hydrogen-bond donors (Lipinski definition) is 3. The molecule has 1 atom stereocenters. The third-order valence-electron chi connectivity index (χ3n) is 3.89. The van der Waals surface area contributed by atoms with Gasteiger partial charge >= 0.3 is 5.97 Å². The second-order valence-electron chi connectivity index (χ2n) is 6.07. The van der Waals surface area contributed by atoms with Gasteiger partial charge in [0.15, 0.2) is 0 Å². The van der Waals surface area contributed by atoms with Gasteiger partial charge in [-0.15, -0.1) is 0 Å². The van der Waals surface area contributed by atoms with Crippen LogP contribution in [0.15, 0.2) is 47.4 Å². The second kappa shape index (κ2) is 8.79. The number of amides is 2. The van der Waals surface area contributed by atoms with Gasteiger partial charge in [-0.3, -0.25) is 14.4 Å². The van der Waals surface area contributed by atoms with Gasteiger partial charge in [-0.05, 0) is 43.2 Å². The molecule has 0 fully saturated rings. The van der Waals surface area contributed by atoms with Gasteiger partial charge in [-0.25, -0.2) is 4.79 Å². The molecule has 0 saturated carbocycles. The monoisotopic (exact) mass is 371 g/mol. The van der Waals surface area contributed by atoms with Crippen molar-refractivity contribution in [1.29, 1.82) is 0 Å². The number of aliphatic carboxylic acids is 1. The Kier molecular flexibility index (Phi) is 6.48. The van der Waals surface area contributed by atoms with E-state index in [-0.39, 0.29) is 30.0 Å². The molecule has 142 valence electrons. The number of aromatic nitrogens is 1. The van der Waals surface area contributed by atoms with E-state index < -0.39 is 17.9 Å². The Morgan fingerprint density at radius 3 is 2.37 bits per heavy atom. The molecule has 0 aliphatic carbocycles. The number of benzene rings is 1. The minimum atomic E-state index is -1.10. The molecule has 8 nitrogen and oxygen atoms in total. The number of nitrogens with one attached hydrogen (secondary N) is 2. The van der Waals surface area contributed by atoms with Crippen molar-refractivity contribution in [2.75, 3.05) is 5.32 Å². The zero-order chi connectivity index (χ0) is 20.0. The molecule has 0 saturated heterocycles. The van der Waals surface area contributed by atoms with Gasteiger partial charge < -0.3 is 20.3 Å². The van der Waals surface area contributed by atoms with Gasteiger partial charge in [0.1, 0.15) is 12.6 Å². The highest BCUT2D eigenvalue weighted by Crippen LogP contribution is 2.10. The minimum absolute atomic E-state index is 0.125. The van der Waals surface area contributed by atoms with Gasteiger partial charge in [-0.2, -0.15) is 0 Å². The van der Waals surface area contributed by atoms with E-state index in [9.17, 15) is 19.2 Å². The number of anilines is 1. The van der Waals surface area contributed by atoms with Crippen molar-refractivity contribution in [2.24, 2.45) is 0 Å². The normalized spacial score (nSPS) is 11.5. The van der Waals surface area contributed by atoms with Crippen LogP contribution in [0.25, 0.3) is 0 Å². The summed E-state index contributed by atoms with van der Waals surface area (Å²) >= 11 is 0. The fraction of sp³-hybridized carbons (Fsp3) is 0.263. The number of carbonyl (C=O) groups is 3. The summed E-state index contributed by atoms with van der Waals surface area (Å²) in [4.78, 5) is 46.9. The first-order valence-electron chi connectivity index (χ1n) is 8.41. The van der Waals surface area contributed by atoms with Crippen LogP contribution >= 0.6 is 0 Å². The maximum atomic E-state index is 12.1. The number of carbonyl (C=O) groups excluding carboxylic acids is 2. The average Bonchev–Trinajstić information content (AvgIpc) is 2.62. The van der Waals surface area contributed by atoms with Crippen molar-refractivity contribution in [3.05, 3.63) is 64.1 Å². The molecule has 0 aliphatic rings. The van der Waals surface area contributed by atoms with Crippen LogP contribution in [0, 0.1) is 6.92 Å². The van der Waals surface area contributed by atoms with Crippen LogP contribution in [-0.2, 0) is 16.1 Å². The largest absolute Gasteiger partial charge is 0.480 e. The van der Waals surface area contributed by atoms with Crippen molar-refractivity contribution < 1.29 is 19.5 Å². The molecule has 0 aliphatic heterocycles. The topological polar surface area (TPSA) is 118 Å². The van der Waals surface area contributed by atoms with Crippen molar-refractivity contribution in [3.63, 3.8) is 0 Å². The molecule has 2 amide bonds. The summed E-state index contributed by atoms with van der Waals surface area (Å²) in [6.07, 6.45) is 1.87. The first kappa shape index (κ1) is 19.9. The standard InChI is InChI=1S/C19H21N3O5/c1-3-15(19(26)27)21-18(25)13-5-7-14(8-6-13)20-16(23)11-22-10-12(2)4-9-17(22)24/h4-10,15H,3,11H2,1-2H3,(H,20,23)(H,21,25)(H,26,27). The predicted octanol–water partition coefficient (Wildman–Crippen LogP) is 1.39. The Bertz CT molecular complexity index is 902. The molecule has 8 heteroatoms. The Balaban J connectivity index is 1.99. The van der Waals surface area contributed by atoms with E-state index in [1.165, 1.54) is 34.9 Å². The SMILES string of the molecule is CCC(NC(=O)c1ccc(NC(=O)Cn2cc(C)ccc2=O)cc1)C(=O)O. The first-order valence-corrected chi connectivity index (χ1v) is 8.41. The van der Waals surface area contributed by atoms with E-state index in [1.54, 1.807) is 19.2 Å². The summed E-state index contributed by atoms with van der Waals surface area (Å²) in [5, 5.41) is 14.1. The third-order valence-corrected chi connectivity index (χ3v) is 3.89. The lowest BCUT2D eigenvalue weighted by molar-refractivity contribution is -0.139. The molecule has 2 rings (SSSR count). The van der Waals surface area contributed by atoms with E-state index in [4.69, 9.17) is 5.11 Å². The van der Waals surface area contributed by atoms with Gasteiger partial charge in [0.05, 0.1) is 0 Å². The van der Waals surface area contributed by atoms with Crippen molar-refractivity contribution in [1.82, 2.24) is 9.88 Å². The molecule has 0 radical (unpaired) electrons. The first-order chi connectivity index (χ1) is 12.8. The molecule has 3 N–H and O–H groups in total. The van der Waals surface area contributed by atoms with Crippen molar-refractivity contribution >= 4 is 23.5 Å². The third kappa shape index (κ3) is 5.53. The predicted molar refractivity (Wildman–Crippen MR) is 99.7 cm³/mol. The minimum Gasteiger partial charge on any atom is -0.480 e. The van der Waals surface area contributed by atoms with E-state index in [1.807, 2.05) is 6.92 Å². The van der Waals surface area contributed by atoms with Crippen LogP contribution in [0.1, 0.15) is 29.3 Å². The average molecular weight is 371 g/mol. The maximum absolute atomic E-state index is 12.1. The molecule has 27 heavy (non-hydrogen) atoms. The molecule has 0 spiro atoms. The Labute approximate surface area is 155 Å². The number of nitrogens with zero attached hydrogens (tertiary/aromatic N) is 1. The summed E-state index contributed by atoms with van der Waals surface area (Å²) in [7, 11) is 0. The lowest BCUT2D eigenvalue weighted by Crippen LogP contribution is -2.40. The molecule has 2 aromatic rings. The summed E-state index contributed by atoms with van der Waals surface area (Å²) in [6, 6.07) is 8.16. The van der Waals surface area contributed by atoms with E-state index in [0.717, 1.165) is 5.56 Å². The number of pyridine rings is 1. The second-order valence-corrected chi connectivity index (χ2v) is 6.07. The van der Waals surface area contributed by atoms with Gasteiger partial charge in [0.25, 0.3) is 11.5 Å². The number of aryl methyl sites for hydroxylation is 1. The summed E-state index contributed by atoms with van der Waals surface area (Å²) in [6.45, 7) is 3.36. The van der Waals surface area contributed by atoms with Crippen LogP contribution in [-0.4, -0.2) is 33.5 Å². The molecule has 1 aromatic carbocycles. The highest BCUT2D eigenvalue weighted by atomic mass is 16.4. The Morgan fingerprint density at radius 1 is 1.11 bits per heavy atom. The maximum Gasteiger partial charge on any atom is 0.326 e. The van der Waals surface area contributed by atoms with Crippen LogP contribution in [0.4, 0.5) is 5.69 Å². The van der Waals surface area contributed by atoms with Crippen LogP contribution < -0.4 is 16.2 Å². The fourth-order valence-corrected chi connectivity index (χ4v) is 2.41. The summed E-state index contributed by atoms with van der Waals surface area (Å²) in [5.74, 6) is -1.98. The van der Waals surface area contributed by atoms with Gasteiger partial charge in [0.2, 0.25) is 5.91 Å². The van der Waals surface area contributed by atoms with E-state index in [0.29, 0.717) is 5.69 Å². The van der Waals surface area contributed by atoms with Gasteiger partial charge in [0, 0.05) is 23.5 Å². The van der Waals surface area contributed by atoms with Crippen molar-refractivity contribution in [2.45, 2.75) is 32.9 Å². The number of rotatable bonds is 7. The molecule has 1 unspecified atom stereocenters. The van der Waals surface area contributed by atoms with Gasteiger partial charge in [-0.1, -0.05) is 13.0 Å². The molecule has 0 bridgehead atoms. The van der Waals surface area contributed by atoms with Crippen LogP contribution in [0.2, 0.25) is 0 Å². The van der Waals surface area contributed by atoms with Crippen LogP contribution in [0.5, 0.6) is 0 Å². The molecule has 1 heterocycles. The zero-order valence-electron chi connectivity index (χ0n) is 15.1. The van der Waals surface area contributed by atoms with Crippen molar-refractivity contribution in [3.8, 4) is 0 Å². The Morgan fingerprint density at radius 2 is 1.78 bits per heavy atom. The molecular formula is C19H21N3O5. The van der Waals surface area contributed by atoms with Crippen LogP contribution in [0.3, 0.4) is 0 Å². The summed E-state index contributed by atoms with van der Waals surface area (Å²) in [5.41, 5.74) is 1.33. The smallest absolute Gasteiger partial charge is 0.326 e. The number of carboxylic acids is 1. The quantitative estimate of drug-likeness (QED) is 0.680. The lowest BCUT2D eigenvalue weighted by atomic mass is 10.1. The number of carboxylic acid groups (broad SMARTS) is 1. The highest BCUT2D eigenvalue weighted by Gasteiger charge is 2.18. The highest BCUT2D eigenvalue weighted by molar-refractivity contribution is 5.97.